The smallest absolute Gasteiger partial charge is 0.416 e. The molecule has 1 atom stereocenters. The number of carbonyl (C=O) groups excluding carboxylic acids is 2. The first-order valence-corrected chi connectivity index (χ1v) is 9.07. The summed E-state index contributed by atoms with van der Waals surface area (Å²) in [6.45, 7) is 0.657. The number of likely N-dealkylation sites (tertiary alicyclic amines) is 1. The maximum atomic E-state index is 12.9. The minimum atomic E-state index is -4.51. The van der Waals surface area contributed by atoms with Gasteiger partial charge in [-0.15, -0.1) is 0 Å². The van der Waals surface area contributed by atoms with E-state index in [4.69, 9.17) is 4.42 Å². The zero-order valence-corrected chi connectivity index (χ0v) is 15.2. The highest BCUT2D eigenvalue weighted by Gasteiger charge is 2.35. The molecule has 29 heavy (non-hydrogen) atoms. The number of carbonyl (C=O) groups is 2. The number of amides is 2. The minimum Gasteiger partial charge on any atom is -0.464 e. The molecule has 3 aromatic rings. The number of rotatable bonds is 4. The van der Waals surface area contributed by atoms with Crippen LogP contribution < -0.4 is 5.32 Å². The molecule has 1 aliphatic rings. The monoisotopic (exact) mass is 402 g/mol. The number of fused-ring (bicyclic) bond motifs is 1. The normalized spacial score (nSPS) is 16.5. The fraction of sp³-hybridized carbons (Fsp3) is 0.238. The third-order valence-electron chi connectivity index (χ3n) is 5.08. The number of benzene rings is 2. The summed E-state index contributed by atoms with van der Waals surface area (Å²) in [6.07, 6.45) is -2.34. The lowest BCUT2D eigenvalue weighted by molar-refractivity contribution is -0.137. The molecular weight excluding hydrogens is 385 g/mol. The number of alkyl halides is 3. The van der Waals surface area contributed by atoms with Gasteiger partial charge in [-0.05, 0) is 42.8 Å². The van der Waals surface area contributed by atoms with Crippen molar-refractivity contribution in [1.29, 1.82) is 0 Å². The fourth-order valence-electron chi connectivity index (χ4n) is 3.41. The van der Waals surface area contributed by atoms with Crippen molar-refractivity contribution in [2.45, 2.75) is 18.6 Å². The molecule has 5 nitrogen and oxygen atoms in total. The molecule has 8 heteroatoms. The summed E-state index contributed by atoms with van der Waals surface area (Å²) in [7, 11) is 0. The summed E-state index contributed by atoms with van der Waals surface area (Å²) in [5.74, 6) is -0.770. The molecule has 0 spiro atoms. The molecule has 1 aliphatic heterocycles. The zero-order chi connectivity index (χ0) is 20.6. The van der Waals surface area contributed by atoms with Gasteiger partial charge in [0.1, 0.15) is 5.58 Å². The van der Waals surface area contributed by atoms with E-state index in [9.17, 15) is 22.8 Å². The molecule has 1 N–H and O–H groups in total. The van der Waals surface area contributed by atoms with E-state index in [1.54, 1.807) is 24.3 Å². The van der Waals surface area contributed by atoms with E-state index in [1.807, 2.05) is 0 Å². The van der Waals surface area contributed by atoms with E-state index < -0.39 is 17.6 Å². The maximum absolute atomic E-state index is 12.9. The van der Waals surface area contributed by atoms with Gasteiger partial charge in [-0.1, -0.05) is 12.1 Å². The molecule has 1 aromatic heterocycles. The third-order valence-corrected chi connectivity index (χ3v) is 5.08. The number of halogens is 3. The average molecular weight is 402 g/mol. The van der Waals surface area contributed by atoms with Crippen LogP contribution in [-0.4, -0.2) is 35.8 Å². The Kier molecular flexibility index (Phi) is 4.77. The van der Waals surface area contributed by atoms with Crippen molar-refractivity contribution in [3.63, 3.8) is 0 Å². The largest absolute Gasteiger partial charge is 0.464 e. The van der Waals surface area contributed by atoms with Crippen molar-refractivity contribution in [2.24, 2.45) is 0 Å². The van der Waals surface area contributed by atoms with Crippen molar-refractivity contribution >= 4 is 22.8 Å². The van der Waals surface area contributed by atoms with E-state index >= 15 is 0 Å². The molecule has 1 saturated heterocycles. The van der Waals surface area contributed by atoms with Crippen LogP contribution in [0.4, 0.5) is 13.2 Å². The number of furan rings is 1. The van der Waals surface area contributed by atoms with E-state index in [2.05, 4.69) is 5.32 Å². The van der Waals surface area contributed by atoms with Gasteiger partial charge in [-0.3, -0.25) is 9.59 Å². The highest BCUT2D eigenvalue weighted by molar-refractivity contribution is 6.06. The Balaban J connectivity index is 1.42. The summed E-state index contributed by atoms with van der Waals surface area (Å²) in [4.78, 5) is 26.6. The van der Waals surface area contributed by atoms with Crippen LogP contribution >= 0.6 is 0 Å². The van der Waals surface area contributed by atoms with Crippen LogP contribution in [0.15, 0.2) is 59.2 Å². The van der Waals surface area contributed by atoms with Crippen LogP contribution in [0.25, 0.3) is 11.0 Å². The van der Waals surface area contributed by atoms with Crippen molar-refractivity contribution in [3.05, 3.63) is 71.5 Å². The van der Waals surface area contributed by atoms with Crippen LogP contribution in [0.3, 0.4) is 0 Å². The van der Waals surface area contributed by atoms with Crippen LogP contribution in [0.5, 0.6) is 0 Å². The van der Waals surface area contributed by atoms with E-state index in [0.717, 1.165) is 12.1 Å². The van der Waals surface area contributed by atoms with Gasteiger partial charge in [0, 0.05) is 24.0 Å². The Bertz CT molecular complexity index is 1070. The first-order chi connectivity index (χ1) is 13.8. The number of nitrogens with zero attached hydrogens (tertiary/aromatic N) is 1. The topological polar surface area (TPSA) is 62.6 Å². The van der Waals surface area contributed by atoms with Crippen molar-refractivity contribution in [3.8, 4) is 0 Å². The van der Waals surface area contributed by atoms with Gasteiger partial charge >= 0.3 is 6.18 Å². The van der Waals surface area contributed by atoms with Crippen LogP contribution in [-0.2, 0) is 6.18 Å². The van der Waals surface area contributed by atoms with Gasteiger partial charge in [0.25, 0.3) is 11.8 Å². The molecule has 0 saturated carbocycles. The lowest BCUT2D eigenvalue weighted by Crippen LogP contribution is -2.55. The molecule has 4 rings (SSSR count). The molecule has 0 aliphatic carbocycles. The van der Waals surface area contributed by atoms with Crippen LogP contribution in [0.2, 0.25) is 0 Å². The molecule has 2 amide bonds. The predicted octanol–water partition coefficient (Wildman–Crippen LogP) is 4.10. The lowest BCUT2D eigenvalue weighted by atomic mass is 10.00. The van der Waals surface area contributed by atoms with Crippen molar-refractivity contribution < 1.29 is 27.2 Å². The summed E-state index contributed by atoms with van der Waals surface area (Å²) in [6, 6.07) is 11.0. The van der Waals surface area contributed by atoms with E-state index in [1.165, 1.54) is 23.3 Å². The van der Waals surface area contributed by atoms with Gasteiger partial charge in [-0.25, -0.2) is 0 Å². The summed E-state index contributed by atoms with van der Waals surface area (Å²) in [5.41, 5.74) is 0.190. The second kappa shape index (κ2) is 7.27. The Hall–Kier alpha value is -3.29. The van der Waals surface area contributed by atoms with Gasteiger partial charge in [-0.2, -0.15) is 13.2 Å². The Morgan fingerprint density at radius 1 is 1.14 bits per heavy atom. The van der Waals surface area contributed by atoms with Gasteiger partial charge in [0.15, 0.2) is 0 Å². The minimum absolute atomic E-state index is 0.0148. The SMILES string of the molecule is O=C(NC[C@@H]1CCN1C(=O)c1cccc(C(F)(F)F)c1)c1cccc2occc12. The average Bonchev–Trinajstić information content (AvgIpc) is 3.15. The second-order valence-corrected chi connectivity index (χ2v) is 6.87. The highest BCUT2D eigenvalue weighted by Crippen LogP contribution is 2.30. The van der Waals surface area contributed by atoms with Gasteiger partial charge < -0.3 is 14.6 Å². The third kappa shape index (κ3) is 3.70. The predicted molar refractivity (Wildman–Crippen MR) is 99.4 cm³/mol. The fourth-order valence-corrected chi connectivity index (χ4v) is 3.41. The number of hydrogen-bond donors (Lipinski definition) is 1. The molecule has 1 fully saturated rings. The summed E-state index contributed by atoms with van der Waals surface area (Å²) >= 11 is 0. The Morgan fingerprint density at radius 3 is 2.66 bits per heavy atom. The maximum Gasteiger partial charge on any atom is 0.416 e. The number of nitrogens with one attached hydrogen (secondary N) is 1. The highest BCUT2D eigenvalue weighted by atomic mass is 19.4. The van der Waals surface area contributed by atoms with Gasteiger partial charge in [0.05, 0.1) is 23.4 Å². The first kappa shape index (κ1) is 19.0. The summed E-state index contributed by atoms with van der Waals surface area (Å²) in [5, 5.41) is 3.49. The van der Waals surface area contributed by atoms with Crippen LogP contribution in [0, 0.1) is 0 Å². The van der Waals surface area contributed by atoms with E-state index in [-0.39, 0.29) is 24.1 Å². The summed E-state index contributed by atoms with van der Waals surface area (Å²) < 4.78 is 43.9. The Morgan fingerprint density at radius 2 is 1.93 bits per heavy atom. The molecule has 0 radical (unpaired) electrons. The Labute approximate surface area is 164 Å². The molecule has 0 unspecified atom stereocenters. The zero-order valence-electron chi connectivity index (χ0n) is 15.2. The second-order valence-electron chi connectivity index (χ2n) is 6.87. The molecule has 2 heterocycles. The molecule has 150 valence electrons. The van der Waals surface area contributed by atoms with E-state index in [0.29, 0.717) is 29.5 Å². The lowest BCUT2D eigenvalue weighted by Gasteiger charge is -2.41. The standard InChI is InChI=1S/C21H17F3N2O3/c22-21(23,24)14-4-1-3-13(11-14)20(28)26-9-7-15(26)12-25-19(27)17-5-2-6-18-16(17)8-10-29-18/h1-6,8,10-11,15H,7,9,12H2,(H,25,27)/t15-/m0/s1. The van der Waals surface area contributed by atoms with Gasteiger partial charge in [0.2, 0.25) is 0 Å². The molecular formula is C21H17F3N2O3. The first-order valence-electron chi connectivity index (χ1n) is 9.07. The molecule has 2 aromatic carbocycles. The quantitative estimate of drug-likeness (QED) is 0.715. The number of hydrogen-bond acceptors (Lipinski definition) is 3. The molecule has 0 bridgehead atoms. The van der Waals surface area contributed by atoms with Crippen molar-refractivity contribution in [1.82, 2.24) is 10.2 Å². The van der Waals surface area contributed by atoms with Crippen molar-refractivity contribution in [2.75, 3.05) is 13.1 Å². The van der Waals surface area contributed by atoms with Crippen LogP contribution in [0.1, 0.15) is 32.7 Å².